The van der Waals surface area contributed by atoms with E-state index in [-0.39, 0.29) is 0 Å². The zero-order chi connectivity index (χ0) is 10.1. The predicted octanol–water partition coefficient (Wildman–Crippen LogP) is 2.43. The minimum atomic E-state index is -2.53. The Hall–Kier alpha value is -1.42. The first kappa shape index (κ1) is 9.15. The van der Waals surface area contributed by atoms with E-state index in [0.29, 0.717) is 5.56 Å². The van der Waals surface area contributed by atoms with Crippen LogP contribution >= 0.6 is 0 Å². The second-order valence-corrected chi connectivity index (χ2v) is 3.15. The Bertz CT molecular complexity index is 436. The quantitative estimate of drug-likeness (QED) is 0.761. The molecule has 0 aliphatic carbocycles. The number of nitrogens with one attached hydrogen (secondary N) is 1. The lowest BCUT2D eigenvalue weighted by atomic mass is 10.1. The molecule has 4 heteroatoms. The van der Waals surface area contributed by atoms with E-state index in [9.17, 15) is 8.78 Å². The van der Waals surface area contributed by atoms with Gasteiger partial charge in [0, 0.05) is 17.1 Å². The number of benzene rings is 1. The van der Waals surface area contributed by atoms with Gasteiger partial charge in [0.1, 0.15) is 0 Å². The van der Waals surface area contributed by atoms with Crippen molar-refractivity contribution in [2.75, 3.05) is 0 Å². The SMILES string of the molecule is NC(c1c[nH]c2ccccc12)C(F)F. The number of halogens is 2. The van der Waals surface area contributed by atoms with Crippen molar-refractivity contribution < 1.29 is 8.78 Å². The Morgan fingerprint density at radius 2 is 1.93 bits per heavy atom. The van der Waals surface area contributed by atoms with Crippen LogP contribution in [0.2, 0.25) is 0 Å². The fourth-order valence-electron chi connectivity index (χ4n) is 1.51. The maximum atomic E-state index is 12.4. The maximum Gasteiger partial charge on any atom is 0.257 e. The van der Waals surface area contributed by atoms with Gasteiger partial charge in [-0.3, -0.25) is 0 Å². The molecular formula is C10H10F2N2. The van der Waals surface area contributed by atoms with Gasteiger partial charge >= 0.3 is 0 Å². The predicted molar refractivity (Wildman–Crippen MR) is 51.2 cm³/mol. The van der Waals surface area contributed by atoms with Crippen LogP contribution in [0.3, 0.4) is 0 Å². The molecule has 0 aliphatic heterocycles. The molecule has 1 aromatic carbocycles. The van der Waals surface area contributed by atoms with Gasteiger partial charge in [-0.1, -0.05) is 18.2 Å². The Morgan fingerprint density at radius 1 is 1.21 bits per heavy atom. The fraction of sp³-hybridized carbons (Fsp3) is 0.200. The summed E-state index contributed by atoms with van der Waals surface area (Å²) in [6.45, 7) is 0. The summed E-state index contributed by atoms with van der Waals surface area (Å²) >= 11 is 0. The van der Waals surface area contributed by atoms with Crippen molar-refractivity contribution >= 4 is 10.9 Å². The summed E-state index contributed by atoms with van der Waals surface area (Å²) in [7, 11) is 0. The molecule has 1 heterocycles. The molecule has 0 amide bonds. The monoisotopic (exact) mass is 196 g/mol. The molecule has 0 saturated carbocycles. The molecule has 1 unspecified atom stereocenters. The number of para-hydroxylation sites is 1. The van der Waals surface area contributed by atoms with Gasteiger partial charge < -0.3 is 10.7 Å². The molecule has 3 N–H and O–H groups in total. The number of hydrogen-bond acceptors (Lipinski definition) is 1. The normalized spacial score (nSPS) is 13.7. The molecule has 0 spiro atoms. The number of alkyl halides is 2. The van der Waals surface area contributed by atoms with Gasteiger partial charge in [0.15, 0.2) is 0 Å². The number of aromatic nitrogens is 1. The van der Waals surface area contributed by atoms with Crippen LogP contribution in [-0.4, -0.2) is 11.4 Å². The molecule has 2 rings (SSSR count). The minimum Gasteiger partial charge on any atom is -0.361 e. The van der Waals surface area contributed by atoms with E-state index in [4.69, 9.17) is 5.73 Å². The summed E-state index contributed by atoms with van der Waals surface area (Å²) in [5, 5.41) is 0.764. The smallest absolute Gasteiger partial charge is 0.257 e. The summed E-state index contributed by atoms with van der Waals surface area (Å²) in [6.07, 6.45) is -0.990. The van der Waals surface area contributed by atoms with Gasteiger partial charge in [-0.05, 0) is 11.6 Å². The molecule has 0 saturated heterocycles. The number of aromatic amines is 1. The van der Waals surface area contributed by atoms with Gasteiger partial charge in [0.2, 0.25) is 0 Å². The van der Waals surface area contributed by atoms with Gasteiger partial charge in [-0.15, -0.1) is 0 Å². The average molecular weight is 196 g/mol. The lowest BCUT2D eigenvalue weighted by molar-refractivity contribution is 0.117. The molecule has 0 radical (unpaired) electrons. The molecule has 0 aliphatic rings. The first-order valence-corrected chi connectivity index (χ1v) is 4.30. The molecule has 2 aromatic rings. The van der Waals surface area contributed by atoms with Crippen molar-refractivity contribution in [3.8, 4) is 0 Å². The van der Waals surface area contributed by atoms with Gasteiger partial charge in [-0.2, -0.15) is 0 Å². The van der Waals surface area contributed by atoms with E-state index in [1.165, 1.54) is 0 Å². The standard InChI is InChI=1S/C10H10F2N2/c11-10(12)9(13)7-5-14-8-4-2-1-3-6(7)8/h1-5,9-10,14H,13H2. The highest BCUT2D eigenvalue weighted by Crippen LogP contribution is 2.25. The highest BCUT2D eigenvalue weighted by atomic mass is 19.3. The van der Waals surface area contributed by atoms with Gasteiger partial charge in [-0.25, -0.2) is 8.78 Å². The summed E-state index contributed by atoms with van der Waals surface area (Å²) in [6, 6.07) is 6.04. The lowest BCUT2D eigenvalue weighted by Gasteiger charge is -2.08. The van der Waals surface area contributed by atoms with Gasteiger partial charge in [0.25, 0.3) is 6.43 Å². The Labute approximate surface area is 79.7 Å². The first-order valence-electron chi connectivity index (χ1n) is 4.30. The van der Waals surface area contributed by atoms with Crippen molar-refractivity contribution in [1.29, 1.82) is 0 Å². The number of nitrogens with two attached hydrogens (primary N) is 1. The van der Waals surface area contributed by atoms with Crippen LogP contribution in [0.5, 0.6) is 0 Å². The highest BCUT2D eigenvalue weighted by molar-refractivity contribution is 5.83. The number of rotatable bonds is 2. The Balaban J connectivity index is 2.53. The zero-order valence-electron chi connectivity index (χ0n) is 7.37. The maximum absolute atomic E-state index is 12.4. The van der Waals surface area contributed by atoms with Crippen LogP contribution in [0.4, 0.5) is 8.78 Å². The molecule has 1 aromatic heterocycles. The molecule has 2 nitrogen and oxygen atoms in total. The largest absolute Gasteiger partial charge is 0.361 e. The van der Waals surface area contributed by atoms with E-state index >= 15 is 0 Å². The number of fused-ring (bicyclic) bond motifs is 1. The molecular weight excluding hydrogens is 186 g/mol. The minimum absolute atomic E-state index is 0.468. The summed E-state index contributed by atoms with van der Waals surface area (Å²) < 4.78 is 24.8. The Kier molecular flexibility index (Phi) is 2.21. The van der Waals surface area contributed by atoms with Gasteiger partial charge in [0.05, 0.1) is 6.04 Å². The molecule has 74 valence electrons. The summed E-state index contributed by atoms with van der Waals surface area (Å²) in [5.74, 6) is 0. The van der Waals surface area contributed by atoms with Crippen LogP contribution < -0.4 is 5.73 Å². The zero-order valence-corrected chi connectivity index (χ0v) is 7.37. The third-order valence-corrected chi connectivity index (χ3v) is 2.25. The second kappa shape index (κ2) is 3.38. The van der Waals surface area contributed by atoms with Crippen LogP contribution in [0.25, 0.3) is 10.9 Å². The van der Waals surface area contributed by atoms with E-state index in [2.05, 4.69) is 4.98 Å². The van der Waals surface area contributed by atoms with Crippen molar-refractivity contribution in [3.05, 3.63) is 36.0 Å². The van der Waals surface area contributed by atoms with E-state index < -0.39 is 12.5 Å². The first-order chi connectivity index (χ1) is 6.70. The molecule has 0 fully saturated rings. The van der Waals surface area contributed by atoms with Crippen LogP contribution in [0.1, 0.15) is 11.6 Å². The van der Waals surface area contributed by atoms with E-state index in [1.54, 1.807) is 18.3 Å². The van der Waals surface area contributed by atoms with Crippen LogP contribution in [0, 0.1) is 0 Å². The third kappa shape index (κ3) is 1.37. The molecule has 14 heavy (non-hydrogen) atoms. The highest BCUT2D eigenvalue weighted by Gasteiger charge is 2.20. The van der Waals surface area contributed by atoms with Crippen molar-refractivity contribution in [3.63, 3.8) is 0 Å². The number of H-pyrrole nitrogens is 1. The Morgan fingerprint density at radius 3 is 2.64 bits per heavy atom. The van der Waals surface area contributed by atoms with Crippen LogP contribution in [0.15, 0.2) is 30.5 Å². The van der Waals surface area contributed by atoms with E-state index in [0.717, 1.165) is 10.9 Å². The van der Waals surface area contributed by atoms with Crippen molar-refractivity contribution in [2.24, 2.45) is 5.73 Å². The third-order valence-electron chi connectivity index (χ3n) is 2.25. The average Bonchev–Trinajstić information content (AvgIpc) is 2.60. The lowest BCUT2D eigenvalue weighted by Crippen LogP contribution is -2.18. The summed E-state index contributed by atoms with van der Waals surface area (Å²) in [4.78, 5) is 2.91. The molecule has 0 bridgehead atoms. The summed E-state index contributed by atoms with van der Waals surface area (Å²) in [5.41, 5.74) is 6.68. The van der Waals surface area contributed by atoms with Crippen molar-refractivity contribution in [2.45, 2.75) is 12.5 Å². The number of hydrogen-bond donors (Lipinski definition) is 2. The topological polar surface area (TPSA) is 41.8 Å². The van der Waals surface area contributed by atoms with Crippen LogP contribution in [-0.2, 0) is 0 Å². The second-order valence-electron chi connectivity index (χ2n) is 3.15. The van der Waals surface area contributed by atoms with E-state index in [1.807, 2.05) is 12.1 Å². The molecule has 1 atom stereocenters. The van der Waals surface area contributed by atoms with Crippen molar-refractivity contribution in [1.82, 2.24) is 4.98 Å². The fourth-order valence-corrected chi connectivity index (χ4v) is 1.51.